The summed E-state index contributed by atoms with van der Waals surface area (Å²) < 4.78 is 0. The van der Waals surface area contributed by atoms with Crippen LogP contribution in [0, 0.1) is 11.3 Å². The van der Waals surface area contributed by atoms with Crippen molar-refractivity contribution in [1.82, 2.24) is 19.8 Å². The van der Waals surface area contributed by atoms with Crippen molar-refractivity contribution in [3.05, 3.63) is 59.7 Å². The third-order valence-electron chi connectivity index (χ3n) is 4.86. The molecule has 1 aliphatic rings. The van der Waals surface area contributed by atoms with Gasteiger partial charge < -0.3 is 4.90 Å². The second-order valence-electron chi connectivity index (χ2n) is 6.66. The molecule has 1 fully saturated rings. The fourth-order valence-electron chi connectivity index (χ4n) is 3.35. The predicted molar refractivity (Wildman–Crippen MR) is 98.2 cm³/mol. The minimum absolute atomic E-state index is 0.0532. The van der Waals surface area contributed by atoms with E-state index in [1.54, 1.807) is 12.1 Å². The van der Waals surface area contributed by atoms with Gasteiger partial charge in [0, 0.05) is 38.1 Å². The molecule has 134 valence electrons. The maximum Gasteiger partial charge on any atom is 0.272 e. The van der Waals surface area contributed by atoms with Gasteiger partial charge in [-0.05, 0) is 50.6 Å². The highest BCUT2D eigenvalue weighted by molar-refractivity contribution is 5.92. The lowest BCUT2D eigenvalue weighted by Gasteiger charge is -2.27. The van der Waals surface area contributed by atoms with Crippen LogP contribution in [0.5, 0.6) is 0 Å². The van der Waals surface area contributed by atoms with E-state index in [0.29, 0.717) is 17.3 Å². The predicted octanol–water partition coefficient (Wildman–Crippen LogP) is 2.47. The molecule has 1 saturated heterocycles. The molecule has 0 aliphatic carbocycles. The number of hydrogen-bond acceptors (Lipinski definition) is 5. The van der Waals surface area contributed by atoms with Crippen molar-refractivity contribution in [1.29, 1.82) is 5.26 Å². The van der Waals surface area contributed by atoms with Crippen LogP contribution < -0.4 is 0 Å². The van der Waals surface area contributed by atoms with Gasteiger partial charge in [0.25, 0.3) is 5.91 Å². The number of pyridine rings is 2. The Morgan fingerprint density at radius 3 is 2.85 bits per heavy atom. The van der Waals surface area contributed by atoms with Gasteiger partial charge in [-0.3, -0.25) is 14.7 Å². The molecule has 0 bridgehead atoms. The Morgan fingerprint density at radius 2 is 2.15 bits per heavy atom. The molecule has 6 nitrogen and oxygen atoms in total. The fourth-order valence-corrected chi connectivity index (χ4v) is 3.35. The lowest BCUT2D eigenvalue weighted by molar-refractivity contribution is 0.0751. The number of carbonyl (C=O) groups is 1. The lowest BCUT2D eigenvalue weighted by atomic mass is 10.1. The van der Waals surface area contributed by atoms with E-state index in [0.717, 1.165) is 44.6 Å². The standard InChI is InChI=1S/C20H23N5O/c1-24(15-17-5-2-3-10-22-17)18-6-4-11-25(12-9-18)20(26)19-8-7-16(13-21)14-23-19/h2-3,5,7-8,10,14,18H,4,6,9,11-12,15H2,1H3/t18-/m1/s1. The van der Waals surface area contributed by atoms with E-state index in [1.165, 1.54) is 6.20 Å². The quantitative estimate of drug-likeness (QED) is 0.848. The summed E-state index contributed by atoms with van der Waals surface area (Å²) in [4.78, 5) is 25.4. The molecule has 1 aliphatic heterocycles. The number of likely N-dealkylation sites (tertiary alicyclic amines) is 1. The molecule has 0 unspecified atom stereocenters. The van der Waals surface area contributed by atoms with Crippen LogP contribution in [0.3, 0.4) is 0 Å². The van der Waals surface area contributed by atoms with Crippen LogP contribution in [0.15, 0.2) is 42.7 Å². The van der Waals surface area contributed by atoms with Gasteiger partial charge in [-0.1, -0.05) is 6.07 Å². The number of hydrogen-bond donors (Lipinski definition) is 0. The highest BCUT2D eigenvalue weighted by Crippen LogP contribution is 2.18. The number of nitrogens with zero attached hydrogens (tertiary/aromatic N) is 5. The van der Waals surface area contributed by atoms with E-state index >= 15 is 0 Å². The van der Waals surface area contributed by atoms with Gasteiger partial charge in [-0.15, -0.1) is 0 Å². The molecule has 1 atom stereocenters. The van der Waals surface area contributed by atoms with Crippen molar-refractivity contribution in [3.8, 4) is 6.07 Å². The molecule has 2 aromatic heterocycles. The molecular formula is C20H23N5O. The van der Waals surface area contributed by atoms with Gasteiger partial charge in [0.15, 0.2) is 0 Å². The molecule has 0 spiro atoms. The first kappa shape index (κ1) is 18.0. The first-order valence-corrected chi connectivity index (χ1v) is 8.93. The molecule has 3 heterocycles. The van der Waals surface area contributed by atoms with E-state index < -0.39 is 0 Å². The van der Waals surface area contributed by atoms with Crippen LogP contribution in [0.2, 0.25) is 0 Å². The van der Waals surface area contributed by atoms with Gasteiger partial charge in [-0.25, -0.2) is 4.98 Å². The summed E-state index contributed by atoms with van der Waals surface area (Å²) in [5.74, 6) is -0.0532. The number of rotatable bonds is 4. The minimum atomic E-state index is -0.0532. The molecule has 6 heteroatoms. The summed E-state index contributed by atoms with van der Waals surface area (Å²) in [6, 6.07) is 11.7. The maximum absolute atomic E-state index is 12.7. The number of amides is 1. The van der Waals surface area contributed by atoms with E-state index in [1.807, 2.05) is 35.4 Å². The van der Waals surface area contributed by atoms with Crippen LogP contribution >= 0.6 is 0 Å². The van der Waals surface area contributed by atoms with E-state index in [2.05, 4.69) is 21.9 Å². The van der Waals surface area contributed by atoms with Crippen molar-refractivity contribution in [3.63, 3.8) is 0 Å². The van der Waals surface area contributed by atoms with Crippen molar-refractivity contribution in [2.45, 2.75) is 31.8 Å². The maximum atomic E-state index is 12.7. The smallest absolute Gasteiger partial charge is 0.272 e. The monoisotopic (exact) mass is 349 g/mol. The molecule has 2 aromatic rings. The Morgan fingerprint density at radius 1 is 1.27 bits per heavy atom. The van der Waals surface area contributed by atoms with Gasteiger partial charge in [0.2, 0.25) is 0 Å². The zero-order chi connectivity index (χ0) is 18.4. The van der Waals surface area contributed by atoms with Gasteiger partial charge in [0.05, 0.1) is 11.3 Å². The first-order chi connectivity index (χ1) is 12.7. The Kier molecular flexibility index (Phi) is 5.92. The third-order valence-corrected chi connectivity index (χ3v) is 4.86. The third kappa shape index (κ3) is 4.44. The van der Waals surface area contributed by atoms with Crippen LogP contribution in [0.25, 0.3) is 0 Å². The number of aromatic nitrogens is 2. The first-order valence-electron chi connectivity index (χ1n) is 8.93. The highest BCUT2D eigenvalue weighted by atomic mass is 16.2. The van der Waals surface area contributed by atoms with E-state index in [4.69, 9.17) is 5.26 Å². The SMILES string of the molecule is CN(Cc1ccccn1)[C@@H]1CCCN(C(=O)c2ccc(C#N)cn2)CC1. The van der Waals surface area contributed by atoms with Crippen molar-refractivity contribution >= 4 is 5.91 Å². The Labute approximate surface area is 154 Å². The fraction of sp³-hybridized carbons (Fsp3) is 0.400. The largest absolute Gasteiger partial charge is 0.337 e. The summed E-state index contributed by atoms with van der Waals surface area (Å²) in [5.41, 5.74) is 1.94. The van der Waals surface area contributed by atoms with Crippen LogP contribution in [0.4, 0.5) is 0 Å². The topological polar surface area (TPSA) is 73.1 Å². The molecule has 0 saturated carbocycles. The van der Waals surface area contributed by atoms with Gasteiger partial charge in [0.1, 0.15) is 11.8 Å². The summed E-state index contributed by atoms with van der Waals surface area (Å²) in [6.07, 6.45) is 6.24. The summed E-state index contributed by atoms with van der Waals surface area (Å²) in [7, 11) is 2.12. The van der Waals surface area contributed by atoms with Crippen molar-refractivity contribution in [2.24, 2.45) is 0 Å². The minimum Gasteiger partial charge on any atom is -0.337 e. The normalized spacial score (nSPS) is 17.6. The van der Waals surface area contributed by atoms with E-state index in [9.17, 15) is 4.79 Å². The average Bonchev–Trinajstić information content (AvgIpc) is 2.94. The lowest BCUT2D eigenvalue weighted by Crippen LogP contribution is -2.35. The van der Waals surface area contributed by atoms with Gasteiger partial charge >= 0.3 is 0 Å². The highest BCUT2D eigenvalue weighted by Gasteiger charge is 2.24. The Hall–Kier alpha value is -2.78. The van der Waals surface area contributed by atoms with Crippen molar-refractivity contribution in [2.75, 3.05) is 20.1 Å². The molecular weight excluding hydrogens is 326 g/mol. The van der Waals surface area contributed by atoms with Crippen molar-refractivity contribution < 1.29 is 4.79 Å². The zero-order valence-corrected chi connectivity index (χ0v) is 15.0. The molecule has 26 heavy (non-hydrogen) atoms. The average molecular weight is 349 g/mol. The molecule has 0 aromatic carbocycles. The molecule has 0 N–H and O–H groups in total. The summed E-state index contributed by atoms with van der Waals surface area (Å²) >= 11 is 0. The second kappa shape index (κ2) is 8.54. The molecule has 1 amide bonds. The van der Waals surface area contributed by atoms with Gasteiger partial charge in [-0.2, -0.15) is 5.26 Å². The second-order valence-corrected chi connectivity index (χ2v) is 6.66. The van der Waals surface area contributed by atoms with Crippen LogP contribution in [-0.4, -0.2) is 51.9 Å². The number of nitriles is 1. The molecule has 3 rings (SSSR count). The summed E-state index contributed by atoms with van der Waals surface area (Å²) in [5, 5.41) is 8.85. The van der Waals surface area contributed by atoms with E-state index in [-0.39, 0.29) is 5.91 Å². The molecule has 0 radical (unpaired) electrons. The zero-order valence-electron chi connectivity index (χ0n) is 15.0. The Balaban J connectivity index is 1.58. The van der Waals surface area contributed by atoms with Crippen LogP contribution in [-0.2, 0) is 6.54 Å². The summed E-state index contributed by atoms with van der Waals surface area (Å²) in [6.45, 7) is 2.28. The number of carbonyl (C=O) groups excluding carboxylic acids is 1. The van der Waals surface area contributed by atoms with Crippen LogP contribution in [0.1, 0.15) is 41.0 Å². The Bertz CT molecular complexity index is 769.